The van der Waals surface area contributed by atoms with Crippen LogP contribution in [0.1, 0.15) is 12.5 Å². The molecule has 0 saturated carbocycles. The van der Waals surface area contributed by atoms with Gasteiger partial charge in [0, 0.05) is 57.0 Å². The van der Waals surface area contributed by atoms with Gasteiger partial charge in [0.1, 0.15) is 12.4 Å². The van der Waals surface area contributed by atoms with E-state index in [0.29, 0.717) is 6.54 Å². The molecule has 1 aliphatic heterocycles. The minimum atomic E-state index is -0.113. The average molecular weight is 447 g/mol. The molecule has 0 aliphatic carbocycles. The summed E-state index contributed by atoms with van der Waals surface area (Å²) in [5.74, 6) is 1.82. The zero-order valence-corrected chi connectivity index (χ0v) is 18.9. The molecule has 2 aromatic heterocycles. The van der Waals surface area contributed by atoms with E-state index in [2.05, 4.69) is 43.5 Å². The molecule has 4 rings (SSSR count). The van der Waals surface area contributed by atoms with E-state index < -0.39 is 0 Å². The van der Waals surface area contributed by atoms with Crippen molar-refractivity contribution in [1.82, 2.24) is 25.0 Å². The Morgan fingerprint density at radius 3 is 2.67 bits per heavy atom. The zero-order valence-electron chi connectivity index (χ0n) is 18.9. The van der Waals surface area contributed by atoms with Crippen LogP contribution in [-0.2, 0) is 17.9 Å². The number of aromatic nitrogens is 3. The minimum Gasteiger partial charge on any atom is -0.357 e. The van der Waals surface area contributed by atoms with Crippen LogP contribution in [0.15, 0.2) is 72.1 Å². The van der Waals surface area contributed by atoms with E-state index in [9.17, 15) is 4.79 Å². The van der Waals surface area contributed by atoms with Crippen LogP contribution in [0, 0.1) is 0 Å². The number of nitrogens with one attached hydrogen (secondary N) is 2. The maximum absolute atomic E-state index is 12.3. The van der Waals surface area contributed by atoms with Crippen LogP contribution in [0.5, 0.6) is 0 Å². The topological polar surface area (TPSA) is 90.7 Å². The highest BCUT2D eigenvalue weighted by molar-refractivity contribution is 5.90. The van der Waals surface area contributed by atoms with Crippen LogP contribution in [0.4, 0.5) is 11.5 Å². The van der Waals surface area contributed by atoms with Crippen molar-refractivity contribution < 1.29 is 4.79 Å². The second kappa shape index (κ2) is 11.1. The number of aliphatic imine (C=N–C) groups is 1. The molecule has 3 aromatic rings. The second-order valence-corrected chi connectivity index (χ2v) is 7.78. The normalized spacial score (nSPS) is 14.3. The molecule has 2 N–H and O–H groups in total. The molecule has 1 aliphatic rings. The van der Waals surface area contributed by atoms with E-state index in [-0.39, 0.29) is 12.5 Å². The molecule has 9 heteroatoms. The fraction of sp³-hybridized carbons (Fsp3) is 0.333. The van der Waals surface area contributed by atoms with E-state index in [1.165, 1.54) is 0 Å². The van der Waals surface area contributed by atoms with Crippen molar-refractivity contribution in [2.45, 2.75) is 20.0 Å². The van der Waals surface area contributed by atoms with E-state index in [0.717, 1.165) is 55.8 Å². The molecule has 0 unspecified atom stereocenters. The number of hydrogen-bond acceptors (Lipinski definition) is 5. The van der Waals surface area contributed by atoms with Crippen LogP contribution < -0.4 is 15.5 Å². The molecule has 1 aromatic carbocycles. The number of piperazine rings is 1. The van der Waals surface area contributed by atoms with E-state index in [1.807, 2.05) is 42.6 Å². The molecule has 1 amide bonds. The Morgan fingerprint density at radius 1 is 1.06 bits per heavy atom. The number of amides is 1. The number of rotatable bonds is 7. The molecule has 172 valence electrons. The summed E-state index contributed by atoms with van der Waals surface area (Å²) in [5, 5.41) is 10.4. The first kappa shape index (κ1) is 22.3. The average Bonchev–Trinajstić information content (AvgIpc) is 3.35. The van der Waals surface area contributed by atoms with Crippen LogP contribution in [0.2, 0.25) is 0 Å². The summed E-state index contributed by atoms with van der Waals surface area (Å²) in [7, 11) is 0. The van der Waals surface area contributed by atoms with Gasteiger partial charge >= 0.3 is 0 Å². The van der Waals surface area contributed by atoms with Crippen molar-refractivity contribution in [2.75, 3.05) is 42.9 Å². The maximum Gasteiger partial charge on any atom is 0.246 e. The van der Waals surface area contributed by atoms with Gasteiger partial charge in [0.05, 0.1) is 6.54 Å². The van der Waals surface area contributed by atoms with Crippen molar-refractivity contribution >= 4 is 23.4 Å². The smallest absolute Gasteiger partial charge is 0.246 e. The highest BCUT2D eigenvalue weighted by Crippen LogP contribution is 2.14. The lowest BCUT2D eigenvalue weighted by Crippen LogP contribution is -2.52. The van der Waals surface area contributed by atoms with Gasteiger partial charge in [0.25, 0.3) is 0 Å². The van der Waals surface area contributed by atoms with Gasteiger partial charge in [-0.05, 0) is 42.8 Å². The molecule has 0 spiro atoms. The Kier molecular flexibility index (Phi) is 7.52. The van der Waals surface area contributed by atoms with Gasteiger partial charge in [0.15, 0.2) is 5.96 Å². The fourth-order valence-corrected chi connectivity index (χ4v) is 3.77. The number of carbonyl (C=O) groups excluding carboxylic acids is 1. The third kappa shape index (κ3) is 6.31. The Hall–Kier alpha value is -3.88. The zero-order chi connectivity index (χ0) is 22.9. The predicted octanol–water partition coefficient (Wildman–Crippen LogP) is 2.20. The lowest BCUT2D eigenvalue weighted by molar-refractivity contribution is -0.116. The number of benzene rings is 1. The van der Waals surface area contributed by atoms with Gasteiger partial charge in [-0.1, -0.05) is 18.2 Å². The van der Waals surface area contributed by atoms with Crippen molar-refractivity contribution in [3.8, 4) is 0 Å². The quantitative estimate of drug-likeness (QED) is 0.427. The summed E-state index contributed by atoms with van der Waals surface area (Å²) < 4.78 is 1.60. The van der Waals surface area contributed by atoms with Crippen LogP contribution >= 0.6 is 0 Å². The molecular formula is C24H30N8O. The lowest BCUT2D eigenvalue weighted by Gasteiger charge is -2.37. The van der Waals surface area contributed by atoms with Crippen LogP contribution in [0.25, 0.3) is 0 Å². The van der Waals surface area contributed by atoms with E-state index in [1.54, 1.807) is 23.1 Å². The van der Waals surface area contributed by atoms with Gasteiger partial charge in [0.2, 0.25) is 5.91 Å². The van der Waals surface area contributed by atoms with Crippen LogP contribution in [0.3, 0.4) is 0 Å². The molecule has 0 bridgehead atoms. The second-order valence-electron chi connectivity index (χ2n) is 7.78. The number of guanidine groups is 1. The minimum absolute atomic E-state index is 0.113. The third-order valence-corrected chi connectivity index (χ3v) is 5.37. The lowest BCUT2D eigenvalue weighted by atomic mass is 10.2. The molecule has 3 heterocycles. The van der Waals surface area contributed by atoms with Gasteiger partial charge < -0.3 is 20.4 Å². The SMILES string of the molecule is CCNC(=NCc1cccc(NC(=O)Cn2cccn2)c1)N1CCN(c2ccccn2)CC1. The van der Waals surface area contributed by atoms with Gasteiger partial charge in [-0.25, -0.2) is 9.98 Å². The third-order valence-electron chi connectivity index (χ3n) is 5.37. The standard InChI is InChI=1S/C24H30N8O/c1-2-25-24(31-15-13-30(14-16-31)22-9-3-4-10-26-22)27-18-20-7-5-8-21(17-20)29-23(33)19-32-12-6-11-28-32/h3-12,17H,2,13-16,18-19H2,1H3,(H,25,27)(H,29,33). The summed E-state index contributed by atoms with van der Waals surface area (Å²) >= 11 is 0. The first-order valence-electron chi connectivity index (χ1n) is 11.3. The number of anilines is 2. The Morgan fingerprint density at radius 2 is 1.94 bits per heavy atom. The Labute approximate surface area is 194 Å². The Balaban J connectivity index is 1.35. The summed E-state index contributed by atoms with van der Waals surface area (Å²) in [6.45, 7) is 7.17. The van der Waals surface area contributed by atoms with E-state index in [4.69, 9.17) is 4.99 Å². The van der Waals surface area contributed by atoms with Crippen molar-refractivity contribution in [3.63, 3.8) is 0 Å². The van der Waals surface area contributed by atoms with Crippen LogP contribution in [-0.4, -0.2) is 64.3 Å². The van der Waals surface area contributed by atoms with Crippen molar-refractivity contribution in [3.05, 3.63) is 72.7 Å². The first-order valence-corrected chi connectivity index (χ1v) is 11.3. The summed E-state index contributed by atoms with van der Waals surface area (Å²) in [4.78, 5) is 26.2. The van der Waals surface area contributed by atoms with E-state index >= 15 is 0 Å². The van der Waals surface area contributed by atoms with Gasteiger partial charge in [-0.15, -0.1) is 0 Å². The highest BCUT2D eigenvalue weighted by Gasteiger charge is 2.20. The first-order chi connectivity index (χ1) is 16.2. The Bertz CT molecular complexity index is 1040. The molecule has 1 saturated heterocycles. The highest BCUT2D eigenvalue weighted by atomic mass is 16.2. The van der Waals surface area contributed by atoms with Crippen molar-refractivity contribution in [2.24, 2.45) is 4.99 Å². The number of pyridine rings is 1. The summed E-state index contributed by atoms with van der Waals surface area (Å²) in [5.41, 5.74) is 1.79. The number of hydrogen-bond donors (Lipinski definition) is 2. The molecule has 1 fully saturated rings. The largest absolute Gasteiger partial charge is 0.357 e. The summed E-state index contributed by atoms with van der Waals surface area (Å²) in [6, 6.07) is 15.6. The fourth-order valence-electron chi connectivity index (χ4n) is 3.77. The summed E-state index contributed by atoms with van der Waals surface area (Å²) in [6.07, 6.45) is 5.26. The van der Waals surface area contributed by atoms with Crippen molar-refractivity contribution in [1.29, 1.82) is 0 Å². The monoisotopic (exact) mass is 446 g/mol. The predicted molar refractivity (Wildman–Crippen MR) is 130 cm³/mol. The molecule has 9 nitrogen and oxygen atoms in total. The van der Waals surface area contributed by atoms with Gasteiger partial charge in [-0.3, -0.25) is 9.48 Å². The van der Waals surface area contributed by atoms with Gasteiger partial charge in [-0.2, -0.15) is 5.10 Å². The molecule has 0 atom stereocenters. The number of carbonyl (C=O) groups is 1. The molecular weight excluding hydrogens is 416 g/mol. The number of nitrogens with zero attached hydrogens (tertiary/aromatic N) is 6. The maximum atomic E-state index is 12.3. The molecule has 33 heavy (non-hydrogen) atoms. The molecule has 0 radical (unpaired) electrons.